The number of hydrogen-bond acceptors (Lipinski definition) is 2. The van der Waals surface area contributed by atoms with Crippen LogP contribution in [-0.2, 0) is 6.54 Å². The van der Waals surface area contributed by atoms with E-state index >= 15 is 0 Å². The second kappa shape index (κ2) is 1.94. The first-order chi connectivity index (χ1) is 5.18. The smallest absolute Gasteiger partial charge is 0.153 e. The van der Waals surface area contributed by atoms with Gasteiger partial charge in [0.25, 0.3) is 0 Å². The fourth-order valence-corrected chi connectivity index (χ4v) is 1.34. The summed E-state index contributed by atoms with van der Waals surface area (Å²) in [6, 6.07) is 0. The Morgan fingerprint density at radius 2 is 2.00 bits per heavy atom. The Morgan fingerprint density at radius 1 is 1.27 bits per heavy atom. The number of rotatable bonds is 0. The Morgan fingerprint density at radius 3 is 2.64 bits per heavy atom. The minimum absolute atomic E-state index is 0.865. The van der Waals surface area contributed by atoms with Crippen LogP contribution in [0.25, 0.3) is 0 Å². The van der Waals surface area contributed by atoms with Crippen molar-refractivity contribution in [2.45, 2.75) is 27.3 Å². The summed E-state index contributed by atoms with van der Waals surface area (Å²) in [5.74, 6) is 1.04. The van der Waals surface area contributed by atoms with Gasteiger partial charge in [-0.1, -0.05) is 0 Å². The van der Waals surface area contributed by atoms with Crippen LogP contribution in [0.3, 0.4) is 0 Å². The number of aliphatic imine (C=N–C) groups is 1. The van der Waals surface area contributed by atoms with Gasteiger partial charge in [-0.3, -0.25) is 0 Å². The third kappa shape index (κ3) is 0.803. The van der Waals surface area contributed by atoms with E-state index in [-0.39, 0.29) is 0 Å². The van der Waals surface area contributed by atoms with Crippen molar-refractivity contribution in [2.75, 3.05) is 0 Å². The first kappa shape index (κ1) is 6.58. The zero-order valence-corrected chi connectivity index (χ0v) is 7.05. The highest BCUT2D eigenvalue weighted by Gasteiger charge is 2.16. The number of hydrogen-bond donors (Lipinski definition) is 0. The van der Waals surface area contributed by atoms with Gasteiger partial charge in [0, 0.05) is 11.3 Å². The summed E-state index contributed by atoms with van der Waals surface area (Å²) in [7, 11) is 0. The second-order valence-electron chi connectivity index (χ2n) is 3.04. The van der Waals surface area contributed by atoms with Gasteiger partial charge in [-0.2, -0.15) is 5.10 Å². The summed E-state index contributed by atoms with van der Waals surface area (Å²) >= 11 is 0. The van der Waals surface area contributed by atoms with Crippen LogP contribution in [-0.4, -0.2) is 15.5 Å². The van der Waals surface area contributed by atoms with Crippen molar-refractivity contribution in [3.8, 4) is 0 Å². The Labute approximate surface area is 65.8 Å². The average Bonchev–Trinajstić information content (AvgIpc) is 2.37. The Balaban J connectivity index is 2.61. The molecule has 11 heavy (non-hydrogen) atoms. The van der Waals surface area contributed by atoms with Crippen LogP contribution in [0, 0.1) is 13.8 Å². The quantitative estimate of drug-likeness (QED) is 0.551. The van der Waals surface area contributed by atoms with Gasteiger partial charge in [0.15, 0.2) is 5.82 Å². The number of aryl methyl sites for hydroxylation is 1. The molecule has 0 bridgehead atoms. The molecule has 2 heterocycles. The van der Waals surface area contributed by atoms with Crippen molar-refractivity contribution in [3.05, 3.63) is 11.3 Å². The molecule has 0 atom stereocenters. The van der Waals surface area contributed by atoms with Crippen molar-refractivity contribution in [3.63, 3.8) is 0 Å². The van der Waals surface area contributed by atoms with Crippen molar-refractivity contribution in [1.29, 1.82) is 0 Å². The molecule has 0 amide bonds. The van der Waals surface area contributed by atoms with E-state index in [9.17, 15) is 0 Å². The average molecular weight is 149 g/mol. The molecule has 0 spiro atoms. The zero-order valence-electron chi connectivity index (χ0n) is 7.05. The highest BCUT2D eigenvalue weighted by molar-refractivity contribution is 5.87. The fraction of sp³-hybridized carbons (Fsp3) is 0.500. The lowest BCUT2D eigenvalue weighted by molar-refractivity contribution is 0.740. The van der Waals surface area contributed by atoms with E-state index in [1.165, 1.54) is 5.56 Å². The molecule has 0 unspecified atom stereocenters. The number of fused-ring (bicyclic) bond motifs is 1. The van der Waals surface area contributed by atoms with Gasteiger partial charge in [0.1, 0.15) is 0 Å². The molecule has 0 aliphatic carbocycles. The van der Waals surface area contributed by atoms with Crippen molar-refractivity contribution in [2.24, 2.45) is 4.99 Å². The maximum Gasteiger partial charge on any atom is 0.153 e. The lowest BCUT2D eigenvalue weighted by atomic mass is 10.3. The SMILES string of the molecule is CC1=Nc2c(C)c(C)nn2C1. The molecule has 3 heteroatoms. The van der Waals surface area contributed by atoms with Crippen molar-refractivity contribution < 1.29 is 0 Å². The topological polar surface area (TPSA) is 30.2 Å². The van der Waals surface area contributed by atoms with E-state index < -0.39 is 0 Å². The molecule has 0 aromatic carbocycles. The third-order valence-electron chi connectivity index (χ3n) is 2.07. The van der Waals surface area contributed by atoms with Crippen LogP contribution in [0.1, 0.15) is 18.2 Å². The highest BCUT2D eigenvalue weighted by atomic mass is 15.3. The van der Waals surface area contributed by atoms with Gasteiger partial charge in [-0.05, 0) is 20.8 Å². The first-order valence-electron chi connectivity index (χ1n) is 3.76. The minimum atomic E-state index is 0.865. The Bertz CT molecular complexity index is 333. The summed E-state index contributed by atoms with van der Waals surface area (Å²) in [4.78, 5) is 4.39. The highest BCUT2D eigenvalue weighted by Crippen LogP contribution is 2.25. The lowest BCUT2D eigenvalue weighted by Gasteiger charge is -1.89. The predicted molar refractivity (Wildman–Crippen MR) is 44.5 cm³/mol. The van der Waals surface area contributed by atoms with Crippen LogP contribution in [0.15, 0.2) is 4.99 Å². The Hall–Kier alpha value is -1.12. The van der Waals surface area contributed by atoms with Crippen LogP contribution in [0.2, 0.25) is 0 Å². The predicted octanol–water partition coefficient (Wildman–Crippen LogP) is 1.61. The fourth-order valence-electron chi connectivity index (χ4n) is 1.34. The van der Waals surface area contributed by atoms with Crippen molar-refractivity contribution in [1.82, 2.24) is 9.78 Å². The molecule has 2 rings (SSSR count). The summed E-state index contributed by atoms with van der Waals surface area (Å²) in [5.41, 5.74) is 3.45. The maximum absolute atomic E-state index is 4.39. The number of nitrogens with zero attached hydrogens (tertiary/aromatic N) is 3. The first-order valence-corrected chi connectivity index (χ1v) is 3.76. The minimum Gasteiger partial charge on any atom is -0.242 e. The Kier molecular flexibility index (Phi) is 1.16. The van der Waals surface area contributed by atoms with E-state index in [0.717, 1.165) is 23.8 Å². The van der Waals surface area contributed by atoms with Gasteiger partial charge in [-0.15, -0.1) is 0 Å². The molecular weight excluding hydrogens is 138 g/mol. The second-order valence-corrected chi connectivity index (χ2v) is 3.04. The van der Waals surface area contributed by atoms with Gasteiger partial charge < -0.3 is 0 Å². The molecule has 1 aromatic heterocycles. The molecule has 0 saturated heterocycles. The molecule has 3 nitrogen and oxygen atoms in total. The normalized spacial score (nSPS) is 15.0. The summed E-state index contributed by atoms with van der Waals surface area (Å²) in [5, 5.41) is 4.34. The van der Waals surface area contributed by atoms with Crippen LogP contribution >= 0.6 is 0 Å². The van der Waals surface area contributed by atoms with E-state index in [0.29, 0.717) is 0 Å². The summed E-state index contributed by atoms with van der Waals surface area (Å²) in [6.07, 6.45) is 0. The molecule has 1 aliphatic heterocycles. The molecule has 0 fully saturated rings. The molecule has 1 aliphatic rings. The zero-order chi connectivity index (χ0) is 8.01. The molecule has 0 N–H and O–H groups in total. The summed E-state index contributed by atoms with van der Waals surface area (Å²) in [6.45, 7) is 6.98. The maximum atomic E-state index is 4.39. The van der Waals surface area contributed by atoms with Gasteiger partial charge in [0.2, 0.25) is 0 Å². The summed E-state index contributed by atoms with van der Waals surface area (Å²) < 4.78 is 1.96. The third-order valence-corrected chi connectivity index (χ3v) is 2.07. The molecule has 0 saturated carbocycles. The molecule has 0 radical (unpaired) electrons. The van der Waals surface area contributed by atoms with Gasteiger partial charge in [0.05, 0.1) is 12.2 Å². The van der Waals surface area contributed by atoms with E-state index in [1.807, 2.05) is 18.5 Å². The van der Waals surface area contributed by atoms with Crippen LogP contribution < -0.4 is 0 Å². The van der Waals surface area contributed by atoms with Gasteiger partial charge in [-0.25, -0.2) is 9.67 Å². The van der Waals surface area contributed by atoms with E-state index in [1.54, 1.807) is 0 Å². The van der Waals surface area contributed by atoms with Crippen LogP contribution in [0.4, 0.5) is 5.82 Å². The molecule has 1 aromatic rings. The standard InChI is InChI=1S/C8H11N3/c1-5-4-11-8(9-5)6(2)7(3)10-11/h4H2,1-3H3. The monoisotopic (exact) mass is 149 g/mol. The molecule has 58 valence electrons. The number of aromatic nitrogens is 2. The molecular formula is C8H11N3. The van der Waals surface area contributed by atoms with Crippen LogP contribution in [0.5, 0.6) is 0 Å². The van der Waals surface area contributed by atoms with Gasteiger partial charge >= 0.3 is 0 Å². The van der Waals surface area contributed by atoms with E-state index in [4.69, 9.17) is 0 Å². The van der Waals surface area contributed by atoms with E-state index in [2.05, 4.69) is 17.0 Å². The van der Waals surface area contributed by atoms with Crippen molar-refractivity contribution >= 4 is 11.5 Å². The largest absolute Gasteiger partial charge is 0.242 e. The lowest BCUT2D eigenvalue weighted by Crippen LogP contribution is -2.00.